The van der Waals surface area contributed by atoms with E-state index < -0.39 is 0 Å². The minimum absolute atomic E-state index is 0.238. The first kappa shape index (κ1) is 16.4. The molecule has 7 heteroatoms. The average Bonchev–Trinajstić information content (AvgIpc) is 3.05. The van der Waals surface area contributed by atoms with Crippen molar-refractivity contribution >= 4 is 28.9 Å². The molecule has 0 spiro atoms. The van der Waals surface area contributed by atoms with E-state index in [1.807, 2.05) is 56.3 Å². The molecule has 5 rings (SSSR count). The number of para-hydroxylation sites is 2. The fourth-order valence-corrected chi connectivity index (χ4v) is 3.50. The first-order valence-corrected chi connectivity index (χ1v) is 9.13. The van der Waals surface area contributed by atoms with Crippen LogP contribution in [0.15, 0.2) is 65.7 Å². The normalized spacial score (nSPS) is 15.6. The highest BCUT2D eigenvalue weighted by molar-refractivity contribution is 6.03. The Bertz CT molecular complexity index is 1170. The number of hydrogen-bond donors (Lipinski definition) is 2. The largest absolute Gasteiger partial charge is 0.296 e. The van der Waals surface area contributed by atoms with Crippen LogP contribution < -0.4 is 10.6 Å². The Hall–Kier alpha value is -3.74. The van der Waals surface area contributed by atoms with Crippen molar-refractivity contribution in [3.63, 3.8) is 0 Å². The Morgan fingerprint density at radius 3 is 2.39 bits per heavy atom. The van der Waals surface area contributed by atoms with Crippen molar-refractivity contribution < 1.29 is 0 Å². The summed E-state index contributed by atoms with van der Waals surface area (Å²) in [6, 6.07) is 20.2. The number of aromatic nitrogens is 4. The van der Waals surface area contributed by atoms with E-state index in [4.69, 9.17) is 9.98 Å². The lowest BCUT2D eigenvalue weighted by Crippen LogP contribution is -2.31. The number of aryl methyl sites for hydroxylation is 2. The van der Waals surface area contributed by atoms with E-state index in [9.17, 15) is 0 Å². The number of rotatable bonds is 2. The molecule has 3 heterocycles. The predicted octanol–water partition coefficient (Wildman–Crippen LogP) is 3.88. The van der Waals surface area contributed by atoms with Crippen LogP contribution in [0, 0.1) is 13.8 Å². The van der Waals surface area contributed by atoms with Gasteiger partial charge in [0.05, 0.1) is 11.0 Å². The highest BCUT2D eigenvalue weighted by Gasteiger charge is 2.26. The summed E-state index contributed by atoms with van der Waals surface area (Å²) in [4.78, 5) is 18.6. The highest BCUT2D eigenvalue weighted by Crippen LogP contribution is 2.32. The van der Waals surface area contributed by atoms with E-state index >= 15 is 0 Å². The van der Waals surface area contributed by atoms with Crippen LogP contribution in [0.1, 0.15) is 23.1 Å². The Kier molecular flexibility index (Phi) is 3.79. The van der Waals surface area contributed by atoms with Gasteiger partial charge in [-0.05, 0) is 37.6 Å². The second-order valence-corrected chi connectivity index (χ2v) is 6.78. The lowest BCUT2D eigenvalue weighted by atomic mass is 10.1. The summed E-state index contributed by atoms with van der Waals surface area (Å²) in [5, 5.41) is 6.50. The quantitative estimate of drug-likeness (QED) is 0.560. The third kappa shape index (κ3) is 2.87. The summed E-state index contributed by atoms with van der Waals surface area (Å²) in [5.74, 6) is 1.82. The molecule has 138 valence electrons. The van der Waals surface area contributed by atoms with Crippen LogP contribution in [-0.2, 0) is 0 Å². The molecular weight excluding hydrogens is 350 g/mol. The maximum Gasteiger partial charge on any atom is 0.229 e. The van der Waals surface area contributed by atoms with Gasteiger partial charge in [-0.2, -0.15) is 0 Å². The maximum absolute atomic E-state index is 4.91. The van der Waals surface area contributed by atoms with Gasteiger partial charge in [0.2, 0.25) is 17.9 Å². The molecule has 1 atom stereocenters. The standard InChI is InChI=1S/C21H19N7/c1-13-12-14(2)23-19(22-13)26-20-25-18(15-8-4-3-5-9-15)28-17-11-7-6-10-16(17)24-21(28)27-20/h3-12,18H,1-2H3,(H2,22,23,24,25,26,27)/t18-/m1/s1. The van der Waals surface area contributed by atoms with Gasteiger partial charge in [0.25, 0.3) is 0 Å². The van der Waals surface area contributed by atoms with Gasteiger partial charge in [-0.1, -0.05) is 42.5 Å². The van der Waals surface area contributed by atoms with Crippen molar-refractivity contribution in [2.24, 2.45) is 4.99 Å². The molecule has 1 aliphatic heterocycles. The van der Waals surface area contributed by atoms with Crippen LogP contribution in [-0.4, -0.2) is 25.5 Å². The fraction of sp³-hybridized carbons (Fsp3) is 0.143. The highest BCUT2D eigenvalue weighted by atomic mass is 15.4. The van der Waals surface area contributed by atoms with Gasteiger partial charge in [0.1, 0.15) is 0 Å². The molecule has 0 radical (unpaired) electrons. The molecular formula is C21H19N7. The van der Waals surface area contributed by atoms with Gasteiger partial charge in [-0.15, -0.1) is 0 Å². The number of hydrogen-bond acceptors (Lipinski definition) is 6. The summed E-state index contributed by atoms with van der Waals surface area (Å²) >= 11 is 0. The van der Waals surface area contributed by atoms with Gasteiger partial charge in [0.15, 0.2) is 6.17 Å². The van der Waals surface area contributed by atoms with Gasteiger partial charge < -0.3 is 0 Å². The topological polar surface area (TPSA) is 80.0 Å². The maximum atomic E-state index is 4.91. The zero-order valence-electron chi connectivity index (χ0n) is 15.6. The van der Waals surface area contributed by atoms with Crippen LogP contribution in [0.2, 0.25) is 0 Å². The van der Waals surface area contributed by atoms with Gasteiger partial charge in [-0.3, -0.25) is 15.2 Å². The molecule has 1 aliphatic rings. The molecule has 0 saturated carbocycles. The van der Waals surface area contributed by atoms with E-state index in [1.165, 1.54) is 0 Å². The van der Waals surface area contributed by atoms with Crippen molar-refractivity contribution in [1.29, 1.82) is 0 Å². The number of nitrogens with one attached hydrogen (secondary N) is 2. The third-order valence-corrected chi connectivity index (χ3v) is 4.63. The first-order chi connectivity index (χ1) is 13.7. The molecule has 0 amide bonds. The molecule has 0 aliphatic carbocycles. The van der Waals surface area contributed by atoms with Crippen LogP contribution in [0.5, 0.6) is 0 Å². The van der Waals surface area contributed by atoms with E-state index in [0.717, 1.165) is 33.9 Å². The van der Waals surface area contributed by atoms with Gasteiger partial charge >= 0.3 is 0 Å². The second kappa shape index (κ2) is 6.45. The molecule has 28 heavy (non-hydrogen) atoms. The van der Waals surface area contributed by atoms with E-state index in [2.05, 4.69) is 43.4 Å². The number of guanidine groups is 1. The molecule has 2 N–H and O–H groups in total. The van der Waals surface area contributed by atoms with Gasteiger partial charge in [0, 0.05) is 11.4 Å². The molecule has 0 fully saturated rings. The zero-order chi connectivity index (χ0) is 19.1. The number of fused-ring (bicyclic) bond motifs is 3. The second-order valence-electron chi connectivity index (χ2n) is 6.78. The predicted molar refractivity (Wildman–Crippen MR) is 111 cm³/mol. The number of benzene rings is 2. The molecule has 0 unspecified atom stereocenters. The SMILES string of the molecule is Cc1cc(C)nc(NC2=N[C@@H](c3ccccc3)n3c(nc4ccccc43)N2)n1. The van der Waals surface area contributed by atoms with Crippen molar-refractivity contribution in [3.8, 4) is 0 Å². The lowest BCUT2D eigenvalue weighted by Gasteiger charge is -2.25. The Morgan fingerprint density at radius 1 is 0.893 bits per heavy atom. The van der Waals surface area contributed by atoms with Crippen molar-refractivity contribution in [2.45, 2.75) is 20.0 Å². The molecule has 4 aromatic rings. The summed E-state index contributed by atoms with van der Waals surface area (Å²) in [7, 11) is 0. The Labute approximate surface area is 162 Å². The number of nitrogens with zero attached hydrogens (tertiary/aromatic N) is 5. The molecule has 2 aromatic carbocycles. The fourth-order valence-electron chi connectivity index (χ4n) is 3.50. The Balaban J connectivity index is 1.61. The first-order valence-electron chi connectivity index (χ1n) is 9.13. The number of imidazole rings is 1. The third-order valence-electron chi connectivity index (χ3n) is 4.63. The van der Waals surface area contributed by atoms with Crippen molar-refractivity contribution in [3.05, 3.63) is 77.6 Å². The lowest BCUT2D eigenvalue weighted by molar-refractivity contribution is 0.627. The molecule has 2 aromatic heterocycles. The van der Waals surface area contributed by atoms with Crippen molar-refractivity contribution in [1.82, 2.24) is 19.5 Å². The molecule has 7 nitrogen and oxygen atoms in total. The number of aliphatic imine (C=N–C) groups is 1. The van der Waals surface area contributed by atoms with Crippen LogP contribution in [0.3, 0.4) is 0 Å². The van der Waals surface area contributed by atoms with Crippen molar-refractivity contribution in [2.75, 3.05) is 10.6 Å². The van der Waals surface area contributed by atoms with Crippen LogP contribution in [0.4, 0.5) is 11.9 Å². The van der Waals surface area contributed by atoms with E-state index in [1.54, 1.807) is 0 Å². The minimum atomic E-state index is -0.238. The van der Waals surface area contributed by atoms with Crippen LogP contribution in [0.25, 0.3) is 11.0 Å². The average molecular weight is 369 g/mol. The van der Waals surface area contributed by atoms with E-state index in [-0.39, 0.29) is 6.17 Å². The van der Waals surface area contributed by atoms with E-state index in [0.29, 0.717) is 11.9 Å². The summed E-state index contributed by atoms with van der Waals surface area (Å²) in [5.41, 5.74) is 4.83. The zero-order valence-corrected chi connectivity index (χ0v) is 15.6. The van der Waals surface area contributed by atoms with Gasteiger partial charge in [-0.25, -0.2) is 19.9 Å². The summed E-state index contributed by atoms with van der Waals surface area (Å²) in [6.07, 6.45) is -0.238. The van der Waals surface area contributed by atoms with Crippen LogP contribution >= 0.6 is 0 Å². The molecule has 0 bridgehead atoms. The summed E-state index contributed by atoms with van der Waals surface area (Å²) in [6.45, 7) is 3.89. The smallest absolute Gasteiger partial charge is 0.229 e. The minimum Gasteiger partial charge on any atom is -0.296 e. The monoisotopic (exact) mass is 369 g/mol. The Morgan fingerprint density at radius 2 is 1.61 bits per heavy atom. The number of anilines is 2. The summed E-state index contributed by atoms with van der Waals surface area (Å²) < 4.78 is 2.11. The molecule has 0 saturated heterocycles.